The Labute approximate surface area is 109 Å². The molecule has 0 spiro atoms. The molecule has 1 unspecified atom stereocenters. The highest BCUT2D eigenvalue weighted by molar-refractivity contribution is 5.82. The van der Waals surface area contributed by atoms with Gasteiger partial charge in [-0.25, -0.2) is 4.79 Å². The highest BCUT2D eigenvalue weighted by atomic mass is 16.5. The van der Waals surface area contributed by atoms with Crippen molar-refractivity contribution < 1.29 is 14.3 Å². The van der Waals surface area contributed by atoms with Gasteiger partial charge in [-0.1, -0.05) is 6.92 Å². The molecule has 4 nitrogen and oxygen atoms in total. The van der Waals surface area contributed by atoms with Crippen LogP contribution in [0.1, 0.15) is 45.4 Å². The van der Waals surface area contributed by atoms with Crippen LogP contribution < -0.4 is 5.32 Å². The average molecular weight is 255 g/mol. The van der Waals surface area contributed by atoms with Gasteiger partial charge < -0.3 is 9.47 Å². The summed E-state index contributed by atoms with van der Waals surface area (Å²) < 4.78 is 10.9. The van der Waals surface area contributed by atoms with Gasteiger partial charge in [-0.15, -0.1) is 0 Å². The molecule has 2 aliphatic rings. The zero-order chi connectivity index (χ0) is 13.0. The van der Waals surface area contributed by atoms with E-state index in [1.807, 2.05) is 0 Å². The fraction of sp³-hybridized carbons (Fsp3) is 0.929. The van der Waals surface area contributed by atoms with Gasteiger partial charge in [0, 0.05) is 0 Å². The third-order valence-corrected chi connectivity index (χ3v) is 4.11. The summed E-state index contributed by atoms with van der Waals surface area (Å²) in [5.41, 5.74) is -0.597. The molecular formula is C14H25NO3. The van der Waals surface area contributed by atoms with Gasteiger partial charge in [-0.05, 0) is 51.0 Å². The fourth-order valence-electron chi connectivity index (χ4n) is 2.50. The number of carbonyl (C=O) groups is 1. The third kappa shape index (κ3) is 2.86. The van der Waals surface area contributed by atoms with Gasteiger partial charge in [0.2, 0.25) is 0 Å². The van der Waals surface area contributed by atoms with Crippen LogP contribution in [0.2, 0.25) is 0 Å². The molecule has 0 aromatic heterocycles. The number of esters is 1. The summed E-state index contributed by atoms with van der Waals surface area (Å²) in [4.78, 5) is 12.2. The van der Waals surface area contributed by atoms with Crippen LogP contribution in [-0.4, -0.2) is 37.9 Å². The Morgan fingerprint density at radius 1 is 1.33 bits per heavy atom. The van der Waals surface area contributed by atoms with Crippen LogP contribution >= 0.6 is 0 Å². The predicted molar refractivity (Wildman–Crippen MR) is 69.4 cm³/mol. The predicted octanol–water partition coefficient (Wildman–Crippen LogP) is 1.88. The molecule has 1 atom stereocenters. The zero-order valence-corrected chi connectivity index (χ0v) is 11.5. The Morgan fingerprint density at radius 2 is 2.06 bits per heavy atom. The number of methoxy groups -OCH3 is 1. The van der Waals surface area contributed by atoms with Gasteiger partial charge in [0.15, 0.2) is 0 Å². The van der Waals surface area contributed by atoms with Crippen molar-refractivity contribution in [3.8, 4) is 0 Å². The molecule has 0 saturated heterocycles. The second kappa shape index (κ2) is 6.02. The van der Waals surface area contributed by atoms with E-state index in [9.17, 15) is 4.79 Å². The Hall–Kier alpha value is -0.610. The number of rotatable bonds is 8. The Balaban J connectivity index is 1.99. The van der Waals surface area contributed by atoms with Gasteiger partial charge >= 0.3 is 5.97 Å². The van der Waals surface area contributed by atoms with Crippen LogP contribution in [0.4, 0.5) is 0 Å². The lowest BCUT2D eigenvalue weighted by Gasteiger charge is -2.35. The summed E-state index contributed by atoms with van der Waals surface area (Å²) in [5.74, 6) is 0.231. The molecule has 2 rings (SSSR count). The van der Waals surface area contributed by atoms with Gasteiger partial charge in [-0.2, -0.15) is 0 Å². The summed E-state index contributed by atoms with van der Waals surface area (Å²) in [6.07, 6.45) is 7.08. The number of nitrogens with one attached hydrogen (secondary N) is 1. The quantitative estimate of drug-likeness (QED) is 0.673. The lowest BCUT2D eigenvalue weighted by atomic mass is 9.92. The summed E-state index contributed by atoms with van der Waals surface area (Å²) in [5, 5.41) is 3.40. The molecule has 2 fully saturated rings. The lowest BCUT2D eigenvalue weighted by molar-refractivity contribution is -0.155. The topological polar surface area (TPSA) is 47.6 Å². The smallest absolute Gasteiger partial charge is 0.328 e. The van der Waals surface area contributed by atoms with E-state index in [2.05, 4.69) is 12.2 Å². The molecule has 0 radical (unpaired) electrons. The molecule has 0 aliphatic heterocycles. The van der Waals surface area contributed by atoms with Crippen LogP contribution in [0.25, 0.3) is 0 Å². The molecule has 18 heavy (non-hydrogen) atoms. The molecule has 2 saturated carbocycles. The highest BCUT2D eigenvalue weighted by Gasteiger charge is 2.52. The monoisotopic (exact) mass is 255 g/mol. The molecule has 0 heterocycles. The van der Waals surface area contributed by atoms with E-state index in [1.165, 1.54) is 13.5 Å². The Kier molecular flexibility index (Phi) is 4.62. The molecule has 0 bridgehead atoms. The van der Waals surface area contributed by atoms with Gasteiger partial charge in [0.1, 0.15) is 5.54 Å². The second-order valence-corrected chi connectivity index (χ2v) is 5.53. The van der Waals surface area contributed by atoms with Crippen molar-refractivity contribution in [3.63, 3.8) is 0 Å². The minimum absolute atomic E-state index is 0.155. The van der Waals surface area contributed by atoms with E-state index < -0.39 is 5.54 Å². The first-order valence-electron chi connectivity index (χ1n) is 7.18. The lowest BCUT2D eigenvalue weighted by Crippen LogP contribution is -2.59. The maximum Gasteiger partial charge on any atom is 0.328 e. The Morgan fingerprint density at radius 3 is 2.50 bits per heavy atom. The van der Waals surface area contributed by atoms with Gasteiger partial charge in [-0.3, -0.25) is 5.32 Å². The largest absolute Gasteiger partial charge is 0.468 e. The maximum atomic E-state index is 12.2. The summed E-state index contributed by atoms with van der Waals surface area (Å²) in [7, 11) is 1.47. The minimum Gasteiger partial charge on any atom is -0.468 e. The van der Waals surface area contributed by atoms with E-state index in [4.69, 9.17) is 9.47 Å². The van der Waals surface area contributed by atoms with E-state index in [0.717, 1.165) is 38.6 Å². The second-order valence-electron chi connectivity index (χ2n) is 5.53. The fourth-order valence-corrected chi connectivity index (χ4v) is 2.50. The summed E-state index contributed by atoms with van der Waals surface area (Å²) in [6.45, 7) is 3.41. The first kappa shape index (κ1) is 13.8. The normalized spacial score (nSPS) is 23.2. The first-order chi connectivity index (χ1) is 8.73. The highest BCUT2D eigenvalue weighted by Crippen LogP contribution is 2.41. The number of carbonyl (C=O) groups excluding carboxylic acids is 1. The van der Waals surface area contributed by atoms with Crippen molar-refractivity contribution in [2.45, 2.75) is 57.1 Å². The third-order valence-electron chi connectivity index (χ3n) is 4.11. The summed E-state index contributed by atoms with van der Waals surface area (Å²) in [6, 6.07) is 0. The average Bonchev–Trinajstić information content (AvgIpc) is 3.15. The summed E-state index contributed by atoms with van der Waals surface area (Å²) >= 11 is 0. The number of hydrogen-bond donors (Lipinski definition) is 1. The first-order valence-corrected chi connectivity index (χ1v) is 7.18. The van der Waals surface area contributed by atoms with Crippen LogP contribution in [0.5, 0.6) is 0 Å². The van der Waals surface area contributed by atoms with Crippen molar-refractivity contribution in [2.24, 2.45) is 5.92 Å². The SMILES string of the molecule is CCCNC(COC1CCC1)(C(=O)OC)C1CC1. The van der Waals surface area contributed by atoms with Crippen molar-refractivity contribution in [2.75, 3.05) is 20.3 Å². The molecule has 4 heteroatoms. The molecule has 1 N–H and O–H groups in total. The standard InChI is InChI=1S/C14H25NO3/c1-3-9-15-14(11-7-8-11,13(16)17-2)10-18-12-5-4-6-12/h11-12,15H,3-10H2,1-2H3. The molecule has 0 aromatic rings. The minimum atomic E-state index is -0.597. The van der Waals surface area contributed by atoms with Crippen LogP contribution in [0.15, 0.2) is 0 Å². The molecule has 104 valence electrons. The van der Waals surface area contributed by atoms with Crippen LogP contribution in [0, 0.1) is 5.92 Å². The van der Waals surface area contributed by atoms with Gasteiger partial charge in [0.05, 0.1) is 19.8 Å². The van der Waals surface area contributed by atoms with E-state index in [0.29, 0.717) is 18.6 Å². The number of ether oxygens (including phenoxy) is 2. The molecular weight excluding hydrogens is 230 g/mol. The Bertz CT molecular complexity index is 287. The van der Waals surface area contributed by atoms with Gasteiger partial charge in [0.25, 0.3) is 0 Å². The van der Waals surface area contributed by atoms with Crippen LogP contribution in [-0.2, 0) is 14.3 Å². The number of hydrogen-bond acceptors (Lipinski definition) is 4. The van der Waals surface area contributed by atoms with Crippen LogP contribution in [0.3, 0.4) is 0 Å². The zero-order valence-electron chi connectivity index (χ0n) is 11.5. The van der Waals surface area contributed by atoms with E-state index in [-0.39, 0.29) is 5.97 Å². The van der Waals surface area contributed by atoms with Crippen molar-refractivity contribution in [3.05, 3.63) is 0 Å². The molecule has 0 aromatic carbocycles. The van der Waals surface area contributed by atoms with Crippen molar-refractivity contribution in [1.82, 2.24) is 5.32 Å². The maximum absolute atomic E-state index is 12.2. The molecule has 0 amide bonds. The van der Waals surface area contributed by atoms with E-state index in [1.54, 1.807) is 0 Å². The van der Waals surface area contributed by atoms with Crippen molar-refractivity contribution >= 4 is 5.97 Å². The van der Waals surface area contributed by atoms with Crippen molar-refractivity contribution in [1.29, 1.82) is 0 Å². The van der Waals surface area contributed by atoms with E-state index >= 15 is 0 Å². The molecule has 2 aliphatic carbocycles.